The number of amides is 2. The summed E-state index contributed by atoms with van der Waals surface area (Å²) in [7, 11) is 8.25. The zero-order valence-corrected chi connectivity index (χ0v) is 19.6. The highest BCUT2D eigenvalue weighted by atomic mass is 19.1. The van der Waals surface area contributed by atoms with E-state index in [1.165, 1.54) is 33.5 Å². The Morgan fingerprint density at radius 1 is 1.15 bits per heavy atom. The Morgan fingerprint density at radius 2 is 1.82 bits per heavy atom. The predicted molar refractivity (Wildman–Crippen MR) is 122 cm³/mol. The molecule has 1 aliphatic rings. The zero-order valence-electron chi connectivity index (χ0n) is 19.6. The molecule has 33 heavy (non-hydrogen) atoms. The van der Waals surface area contributed by atoms with E-state index in [2.05, 4.69) is 5.32 Å². The van der Waals surface area contributed by atoms with Gasteiger partial charge in [0.05, 0.1) is 39.0 Å². The molecule has 1 fully saturated rings. The van der Waals surface area contributed by atoms with Crippen LogP contribution in [0, 0.1) is 11.7 Å². The average molecular weight is 460 g/mol. The molecule has 2 aromatic rings. The van der Waals surface area contributed by atoms with Crippen LogP contribution in [0.5, 0.6) is 17.2 Å². The van der Waals surface area contributed by atoms with Crippen molar-refractivity contribution in [1.29, 1.82) is 0 Å². The average Bonchev–Trinajstić information content (AvgIpc) is 3.19. The fourth-order valence-corrected chi connectivity index (χ4v) is 4.01. The van der Waals surface area contributed by atoms with Crippen molar-refractivity contribution in [3.8, 4) is 17.2 Å². The molecule has 178 valence electrons. The number of ether oxygens (including phenoxy) is 3. The van der Waals surface area contributed by atoms with Crippen molar-refractivity contribution in [2.24, 2.45) is 5.92 Å². The summed E-state index contributed by atoms with van der Waals surface area (Å²) >= 11 is 0. The van der Waals surface area contributed by atoms with Crippen LogP contribution < -0.4 is 24.4 Å². The molecule has 0 saturated carbocycles. The van der Waals surface area contributed by atoms with Crippen molar-refractivity contribution < 1.29 is 28.2 Å². The largest absolute Gasteiger partial charge is 0.493 e. The van der Waals surface area contributed by atoms with Crippen LogP contribution in [0.3, 0.4) is 0 Å². The zero-order chi connectivity index (χ0) is 24.1. The van der Waals surface area contributed by atoms with Gasteiger partial charge in [0, 0.05) is 31.6 Å². The smallest absolute Gasteiger partial charge is 0.227 e. The summed E-state index contributed by atoms with van der Waals surface area (Å²) in [4.78, 5) is 29.1. The quantitative estimate of drug-likeness (QED) is 0.621. The van der Waals surface area contributed by atoms with E-state index < -0.39 is 5.92 Å². The first-order valence-electron chi connectivity index (χ1n) is 10.6. The minimum Gasteiger partial charge on any atom is -0.493 e. The van der Waals surface area contributed by atoms with Gasteiger partial charge in [-0.05, 0) is 31.8 Å². The molecule has 2 amide bonds. The topological polar surface area (TPSA) is 80.3 Å². The SMILES string of the molecule is COc1cc(N2C[C@@H](C(=O)NC[C@@H](c3cccc(F)c3)N(C)C)CC2=O)cc(OC)c1OC. The Morgan fingerprint density at radius 3 is 2.36 bits per heavy atom. The predicted octanol–water partition coefficient (Wildman–Crippen LogP) is 2.62. The summed E-state index contributed by atoms with van der Waals surface area (Å²) in [5, 5.41) is 2.93. The van der Waals surface area contributed by atoms with E-state index in [0.29, 0.717) is 29.5 Å². The molecule has 1 saturated heterocycles. The maximum absolute atomic E-state index is 13.7. The molecule has 1 N–H and O–H groups in total. The Labute approximate surface area is 193 Å². The van der Waals surface area contributed by atoms with Crippen LogP contribution in [-0.2, 0) is 9.59 Å². The highest BCUT2D eigenvalue weighted by Crippen LogP contribution is 2.42. The first-order valence-corrected chi connectivity index (χ1v) is 10.6. The number of methoxy groups -OCH3 is 3. The van der Waals surface area contributed by atoms with Crippen molar-refractivity contribution in [2.75, 3.05) is 53.4 Å². The number of benzene rings is 2. The summed E-state index contributed by atoms with van der Waals surface area (Å²) in [5.41, 5.74) is 1.33. The molecular weight excluding hydrogens is 429 g/mol. The van der Waals surface area contributed by atoms with Crippen molar-refractivity contribution in [1.82, 2.24) is 10.2 Å². The fourth-order valence-electron chi connectivity index (χ4n) is 4.01. The highest BCUT2D eigenvalue weighted by Gasteiger charge is 2.36. The Balaban J connectivity index is 1.71. The van der Waals surface area contributed by atoms with Gasteiger partial charge in [-0.25, -0.2) is 4.39 Å². The molecule has 1 heterocycles. The van der Waals surface area contributed by atoms with Gasteiger partial charge in [-0.2, -0.15) is 0 Å². The van der Waals surface area contributed by atoms with E-state index in [4.69, 9.17) is 14.2 Å². The Kier molecular flexibility index (Phi) is 7.75. The molecule has 0 bridgehead atoms. The molecule has 2 aromatic carbocycles. The van der Waals surface area contributed by atoms with Crippen LogP contribution in [0.15, 0.2) is 36.4 Å². The van der Waals surface area contributed by atoms with E-state index in [1.807, 2.05) is 25.1 Å². The van der Waals surface area contributed by atoms with Gasteiger partial charge in [-0.3, -0.25) is 9.59 Å². The summed E-state index contributed by atoms with van der Waals surface area (Å²) in [6, 6.07) is 9.49. The number of hydrogen-bond donors (Lipinski definition) is 1. The summed E-state index contributed by atoms with van der Waals surface area (Å²) in [6.07, 6.45) is 0.0924. The number of carbonyl (C=O) groups excluding carboxylic acids is 2. The second-order valence-corrected chi connectivity index (χ2v) is 8.07. The van der Waals surface area contributed by atoms with E-state index in [-0.39, 0.29) is 36.6 Å². The van der Waals surface area contributed by atoms with Gasteiger partial charge in [0.2, 0.25) is 17.6 Å². The van der Waals surface area contributed by atoms with Gasteiger partial charge >= 0.3 is 0 Å². The Hall–Kier alpha value is -3.33. The van der Waals surface area contributed by atoms with E-state index in [9.17, 15) is 14.0 Å². The maximum Gasteiger partial charge on any atom is 0.227 e. The van der Waals surface area contributed by atoms with Crippen LogP contribution in [0.2, 0.25) is 0 Å². The molecule has 9 heteroatoms. The van der Waals surface area contributed by atoms with Gasteiger partial charge in [-0.1, -0.05) is 12.1 Å². The molecular formula is C24H30FN3O5. The number of likely N-dealkylation sites (N-methyl/N-ethyl adjacent to an activating group) is 1. The number of carbonyl (C=O) groups is 2. The maximum atomic E-state index is 13.7. The molecule has 8 nitrogen and oxygen atoms in total. The van der Waals surface area contributed by atoms with Crippen LogP contribution in [0.25, 0.3) is 0 Å². The number of nitrogens with zero attached hydrogens (tertiary/aromatic N) is 2. The van der Waals surface area contributed by atoms with Gasteiger partial charge in [-0.15, -0.1) is 0 Å². The van der Waals surface area contributed by atoms with Gasteiger partial charge < -0.3 is 29.3 Å². The van der Waals surface area contributed by atoms with Crippen molar-refractivity contribution in [3.05, 3.63) is 47.8 Å². The molecule has 1 aliphatic heterocycles. The lowest BCUT2D eigenvalue weighted by molar-refractivity contribution is -0.126. The first kappa shape index (κ1) is 24.3. The van der Waals surface area contributed by atoms with Crippen molar-refractivity contribution >= 4 is 17.5 Å². The second-order valence-electron chi connectivity index (χ2n) is 8.07. The van der Waals surface area contributed by atoms with Gasteiger partial charge in [0.1, 0.15) is 5.82 Å². The molecule has 0 radical (unpaired) electrons. The third-order valence-corrected chi connectivity index (χ3v) is 5.78. The summed E-state index contributed by atoms with van der Waals surface area (Å²) < 4.78 is 29.7. The Bertz CT molecular complexity index is 988. The normalized spacial score (nSPS) is 16.6. The molecule has 3 rings (SSSR count). The fraction of sp³-hybridized carbons (Fsp3) is 0.417. The lowest BCUT2D eigenvalue weighted by atomic mass is 10.0. The van der Waals surface area contributed by atoms with Gasteiger partial charge in [0.25, 0.3) is 0 Å². The number of halogens is 1. The third-order valence-electron chi connectivity index (χ3n) is 5.78. The van der Waals surface area contributed by atoms with Gasteiger partial charge in [0.15, 0.2) is 11.5 Å². The van der Waals surface area contributed by atoms with Crippen molar-refractivity contribution in [2.45, 2.75) is 12.5 Å². The lowest BCUT2D eigenvalue weighted by Crippen LogP contribution is -2.38. The lowest BCUT2D eigenvalue weighted by Gasteiger charge is -2.26. The summed E-state index contributed by atoms with van der Waals surface area (Å²) in [6.45, 7) is 0.528. The monoisotopic (exact) mass is 459 g/mol. The first-order chi connectivity index (χ1) is 15.8. The number of anilines is 1. The number of nitrogens with one attached hydrogen (secondary N) is 1. The molecule has 0 aliphatic carbocycles. The standard InChI is InChI=1S/C24H30FN3O5/c1-27(2)19(15-7-6-8-17(25)9-15)13-26-24(30)16-10-22(29)28(14-16)18-11-20(31-3)23(33-5)21(12-18)32-4/h6-9,11-12,16,19H,10,13-14H2,1-5H3,(H,26,30)/t16-,19-/m0/s1. The number of hydrogen-bond acceptors (Lipinski definition) is 6. The third kappa shape index (κ3) is 5.36. The highest BCUT2D eigenvalue weighted by molar-refractivity contribution is 6.00. The van der Waals surface area contributed by atoms with Crippen LogP contribution in [0.1, 0.15) is 18.0 Å². The van der Waals surface area contributed by atoms with Crippen LogP contribution >= 0.6 is 0 Å². The van der Waals surface area contributed by atoms with E-state index in [1.54, 1.807) is 23.1 Å². The van der Waals surface area contributed by atoms with Crippen LogP contribution in [-0.4, -0.2) is 65.2 Å². The van der Waals surface area contributed by atoms with Crippen LogP contribution in [0.4, 0.5) is 10.1 Å². The van der Waals surface area contributed by atoms with Crippen molar-refractivity contribution in [3.63, 3.8) is 0 Å². The van der Waals surface area contributed by atoms with E-state index >= 15 is 0 Å². The summed E-state index contributed by atoms with van der Waals surface area (Å²) in [5.74, 6) is 0.0601. The molecule has 0 aromatic heterocycles. The second kappa shape index (κ2) is 10.5. The van der Waals surface area contributed by atoms with E-state index in [0.717, 1.165) is 5.56 Å². The minimum atomic E-state index is -0.507. The molecule has 0 spiro atoms. The molecule has 2 atom stereocenters. The number of rotatable bonds is 9. The molecule has 0 unspecified atom stereocenters. The minimum absolute atomic E-state index is 0.0924.